The predicted molar refractivity (Wildman–Crippen MR) is 52.0 cm³/mol. The lowest BCUT2D eigenvalue weighted by atomic mass is 10.4. The summed E-state index contributed by atoms with van der Waals surface area (Å²) >= 11 is 0. The van der Waals surface area contributed by atoms with E-state index in [1.54, 1.807) is 0 Å². The molecule has 0 aliphatic rings. The molecule has 0 atom stereocenters. The molecule has 0 aliphatic heterocycles. The Labute approximate surface area is 87.2 Å². The number of amides is 1. The second kappa shape index (κ2) is 6.47. The summed E-state index contributed by atoms with van der Waals surface area (Å²) in [7, 11) is 0. The molecule has 1 amide bonds. The lowest BCUT2D eigenvalue weighted by Crippen LogP contribution is -2.28. The standard InChI is InChI=1S/C9H13NO5/c1-6(2)8(12)14-5-4-10-9(13)15-7(3)11/h11H,1,3-5H2,2H3,(H,10,13). The van der Waals surface area contributed by atoms with Crippen molar-refractivity contribution in [3.05, 3.63) is 24.7 Å². The molecule has 6 heteroatoms. The number of hydrogen-bond donors (Lipinski definition) is 2. The van der Waals surface area contributed by atoms with Gasteiger partial charge in [-0.1, -0.05) is 6.58 Å². The number of aliphatic hydroxyl groups is 1. The molecule has 0 saturated carbocycles. The molecule has 6 nitrogen and oxygen atoms in total. The molecular formula is C9H13NO5. The van der Waals surface area contributed by atoms with Crippen molar-refractivity contribution in [3.63, 3.8) is 0 Å². The highest BCUT2D eigenvalue weighted by Crippen LogP contribution is 1.91. The molecule has 0 unspecified atom stereocenters. The first-order valence-electron chi connectivity index (χ1n) is 4.09. The maximum atomic E-state index is 10.8. The highest BCUT2D eigenvalue weighted by molar-refractivity contribution is 5.86. The zero-order chi connectivity index (χ0) is 11.8. The number of aliphatic hydroxyl groups excluding tert-OH is 1. The highest BCUT2D eigenvalue weighted by atomic mass is 16.6. The quantitative estimate of drug-likeness (QED) is 0.307. The zero-order valence-electron chi connectivity index (χ0n) is 8.41. The average molecular weight is 215 g/mol. The molecule has 0 aliphatic carbocycles. The van der Waals surface area contributed by atoms with Crippen molar-refractivity contribution < 1.29 is 24.2 Å². The van der Waals surface area contributed by atoms with E-state index in [9.17, 15) is 9.59 Å². The van der Waals surface area contributed by atoms with Crippen molar-refractivity contribution in [2.45, 2.75) is 6.92 Å². The minimum atomic E-state index is -0.867. The van der Waals surface area contributed by atoms with Crippen LogP contribution in [0.5, 0.6) is 0 Å². The van der Waals surface area contributed by atoms with Gasteiger partial charge >= 0.3 is 12.1 Å². The molecule has 0 spiro atoms. The van der Waals surface area contributed by atoms with E-state index >= 15 is 0 Å². The summed E-state index contributed by atoms with van der Waals surface area (Å²) in [5.41, 5.74) is 0.279. The lowest BCUT2D eigenvalue weighted by molar-refractivity contribution is -0.138. The summed E-state index contributed by atoms with van der Waals surface area (Å²) in [6, 6.07) is 0. The van der Waals surface area contributed by atoms with Crippen molar-refractivity contribution in [1.29, 1.82) is 0 Å². The van der Waals surface area contributed by atoms with E-state index in [4.69, 9.17) is 5.11 Å². The molecule has 0 aromatic carbocycles. The number of hydrogen-bond acceptors (Lipinski definition) is 5. The van der Waals surface area contributed by atoms with Gasteiger partial charge in [-0.25, -0.2) is 9.59 Å². The van der Waals surface area contributed by atoms with Crippen molar-refractivity contribution in [2.24, 2.45) is 0 Å². The van der Waals surface area contributed by atoms with Gasteiger partial charge in [0.1, 0.15) is 6.61 Å². The van der Waals surface area contributed by atoms with Gasteiger partial charge in [-0.05, 0) is 13.5 Å². The van der Waals surface area contributed by atoms with Gasteiger partial charge in [-0.2, -0.15) is 0 Å². The fraction of sp³-hybridized carbons (Fsp3) is 0.333. The molecule has 0 radical (unpaired) electrons. The number of alkyl carbamates (subject to hydrolysis) is 1. The first kappa shape index (κ1) is 13.0. The Bertz CT molecular complexity index is 284. The van der Waals surface area contributed by atoms with Crippen molar-refractivity contribution in [3.8, 4) is 0 Å². The van der Waals surface area contributed by atoms with Crippen molar-refractivity contribution in [1.82, 2.24) is 5.32 Å². The Balaban J connectivity index is 3.55. The van der Waals surface area contributed by atoms with Crippen LogP contribution in [0.25, 0.3) is 0 Å². The first-order chi connectivity index (χ1) is 6.93. The van der Waals surface area contributed by atoms with Crippen LogP contribution in [0.1, 0.15) is 6.92 Å². The molecule has 0 aromatic rings. The lowest BCUT2D eigenvalue weighted by Gasteiger charge is -2.05. The van der Waals surface area contributed by atoms with E-state index in [0.29, 0.717) is 0 Å². The summed E-state index contributed by atoms with van der Waals surface area (Å²) in [4.78, 5) is 21.6. The summed E-state index contributed by atoms with van der Waals surface area (Å²) in [6.07, 6.45) is -0.867. The summed E-state index contributed by atoms with van der Waals surface area (Å²) in [5, 5.41) is 10.7. The predicted octanol–water partition coefficient (Wildman–Crippen LogP) is 0.861. The topological polar surface area (TPSA) is 84.9 Å². The fourth-order valence-electron chi connectivity index (χ4n) is 0.563. The Hall–Kier alpha value is -1.98. The molecule has 15 heavy (non-hydrogen) atoms. The molecule has 0 saturated heterocycles. The second-order valence-corrected chi connectivity index (χ2v) is 2.63. The van der Waals surface area contributed by atoms with E-state index in [1.165, 1.54) is 6.92 Å². The fourth-order valence-corrected chi connectivity index (χ4v) is 0.563. The van der Waals surface area contributed by atoms with Gasteiger partial charge in [-0.3, -0.25) is 0 Å². The smallest absolute Gasteiger partial charge is 0.415 e. The maximum Gasteiger partial charge on any atom is 0.415 e. The highest BCUT2D eigenvalue weighted by Gasteiger charge is 2.05. The van der Waals surface area contributed by atoms with Gasteiger partial charge in [0, 0.05) is 5.57 Å². The third-order valence-corrected chi connectivity index (χ3v) is 1.16. The van der Waals surface area contributed by atoms with Gasteiger partial charge < -0.3 is 19.9 Å². The zero-order valence-corrected chi connectivity index (χ0v) is 8.41. The van der Waals surface area contributed by atoms with Crippen LogP contribution in [-0.2, 0) is 14.3 Å². The second-order valence-electron chi connectivity index (χ2n) is 2.63. The van der Waals surface area contributed by atoms with Gasteiger partial charge in [0.05, 0.1) is 6.54 Å². The Morgan fingerprint density at radius 1 is 1.40 bits per heavy atom. The van der Waals surface area contributed by atoms with Crippen LogP contribution in [0.2, 0.25) is 0 Å². The molecule has 0 fully saturated rings. The average Bonchev–Trinajstić information content (AvgIpc) is 2.10. The minimum Gasteiger partial charge on any atom is -0.481 e. The monoisotopic (exact) mass is 215 g/mol. The summed E-state index contributed by atoms with van der Waals surface area (Å²) < 4.78 is 8.82. The van der Waals surface area contributed by atoms with E-state index in [-0.39, 0.29) is 18.7 Å². The third-order valence-electron chi connectivity index (χ3n) is 1.16. The minimum absolute atomic E-state index is 0.00129. The molecular weight excluding hydrogens is 202 g/mol. The van der Waals surface area contributed by atoms with Crippen LogP contribution < -0.4 is 5.32 Å². The van der Waals surface area contributed by atoms with Crippen LogP contribution in [-0.4, -0.2) is 30.3 Å². The molecule has 84 valence electrons. The van der Waals surface area contributed by atoms with Gasteiger partial charge in [0.25, 0.3) is 5.95 Å². The van der Waals surface area contributed by atoms with E-state index in [2.05, 4.69) is 27.9 Å². The summed E-state index contributed by atoms with van der Waals surface area (Å²) in [6.45, 7) is 7.91. The summed E-state index contributed by atoms with van der Waals surface area (Å²) in [5.74, 6) is -1.23. The largest absolute Gasteiger partial charge is 0.481 e. The van der Waals surface area contributed by atoms with Gasteiger partial charge in [0.15, 0.2) is 0 Å². The Morgan fingerprint density at radius 3 is 2.47 bits per heavy atom. The van der Waals surface area contributed by atoms with E-state index in [1.807, 2.05) is 0 Å². The normalized spacial score (nSPS) is 8.87. The molecule has 0 bridgehead atoms. The van der Waals surface area contributed by atoms with Gasteiger partial charge in [-0.15, -0.1) is 0 Å². The Morgan fingerprint density at radius 2 is 2.00 bits per heavy atom. The number of carbonyl (C=O) groups is 2. The van der Waals surface area contributed by atoms with Crippen LogP contribution in [0.4, 0.5) is 4.79 Å². The van der Waals surface area contributed by atoms with Crippen LogP contribution in [0.15, 0.2) is 24.7 Å². The van der Waals surface area contributed by atoms with Gasteiger partial charge in [0.2, 0.25) is 0 Å². The van der Waals surface area contributed by atoms with Crippen LogP contribution in [0.3, 0.4) is 0 Å². The van der Waals surface area contributed by atoms with Crippen molar-refractivity contribution in [2.75, 3.05) is 13.2 Å². The number of carbonyl (C=O) groups excluding carboxylic acids is 2. The van der Waals surface area contributed by atoms with Crippen LogP contribution >= 0.6 is 0 Å². The van der Waals surface area contributed by atoms with E-state index < -0.39 is 18.0 Å². The number of esters is 1. The molecule has 0 rings (SSSR count). The third kappa shape index (κ3) is 7.12. The number of nitrogens with one attached hydrogen (secondary N) is 1. The maximum absolute atomic E-state index is 10.8. The molecule has 0 aromatic heterocycles. The van der Waals surface area contributed by atoms with Crippen LogP contribution in [0, 0.1) is 0 Å². The molecule has 0 heterocycles. The first-order valence-corrected chi connectivity index (χ1v) is 4.09. The number of ether oxygens (including phenoxy) is 2. The molecule has 2 N–H and O–H groups in total. The van der Waals surface area contributed by atoms with E-state index in [0.717, 1.165) is 0 Å². The SMILES string of the molecule is C=C(O)OC(=O)NCCOC(=O)C(=C)C. The van der Waals surface area contributed by atoms with Crippen molar-refractivity contribution >= 4 is 12.1 Å². The number of rotatable bonds is 5. The Kier molecular flexibility index (Phi) is 5.62.